The average Bonchev–Trinajstić information content (AvgIpc) is 2.38. The largest absolute Gasteiger partial charge is 0.478 e. The molecule has 1 aromatic heterocycles. The molecule has 2 amide bonds. The van der Waals surface area contributed by atoms with Gasteiger partial charge in [0.1, 0.15) is 0 Å². The predicted molar refractivity (Wildman–Crippen MR) is 74.8 cm³/mol. The van der Waals surface area contributed by atoms with Crippen LogP contribution in [0.4, 0.5) is 10.5 Å². The van der Waals surface area contributed by atoms with Crippen molar-refractivity contribution in [3.63, 3.8) is 0 Å². The van der Waals surface area contributed by atoms with Gasteiger partial charge in [-0.15, -0.1) is 0 Å². The number of hydrogen-bond acceptors (Lipinski definition) is 3. The van der Waals surface area contributed by atoms with Gasteiger partial charge in [-0.2, -0.15) is 0 Å². The van der Waals surface area contributed by atoms with Crippen molar-refractivity contribution in [3.8, 4) is 0 Å². The highest BCUT2D eigenvalue weighted by Gasteiger charge is 2.20. The molecular weight excluding hydrogens is 258 g/mol. The molecule has 1 aliphatic carbocycles. The van der Waals surface area contributed by atoms with Gasteiger partial charge in [-0.3, -0.25) is 4.98 Å². The first-order valence-corrected chi connectivity index (χ1v) is 6.80. The lowest BCUT2D eigenvalue weighted by Crippen LogP contribution is -2.40. The van der Waals surface area contributed by atoms with E-state index in [4.69, 9.17) is 5.11 Å². The number of carbonyl (C=O) groups excluding carboxylic acids is 1. The van der Waals surface area contributed by atoms with Gasteiger partial charge in [0, 0.05) is 12.2 Å². The van der Waals surface area contributed by atoms with E-state index < -0.39 is 5.97 Å². The minimum Gasteiger partial charge on any atom is -0.478 e. The molecule has 1 fully saturated rings. The van der Waals surface area contributed by atoms with Crippen LogP contribution < -0.4 is 10.6 Å². The highest BCUT2D eigenvalue weighted by molar-refractivity contribution is 5.92. The summed E-state index contributed by atoms with van der Waals surface area (Å²) in [5, 5.41) is 14.4. The van der Waals surface area contributed by atoms with Crippen LogP contribution in [0.2, 0.25) is 0 Å². The van der Waals surface area contributed by atoms with Crippen LogP contribution in [0.3, 0.4) is 0 Å². The summed E-state index contributed by atoms with van der Waals surface area (Å²) >= 11 is 0. The fraction of sp³-hybridized carbons (Fsp3) is 0.500. The first-order chi connectivity index (χ1) is 9.54. The molecule has 1 saturated carbocycles. The lowest BCUT2D eigenvalue weighted by molar-refractivity contribution is 0.0696. The number of hydrogen-bond donors (Lipinski definition) is 3. The normalized spacial score (nSPS) is 22.1. The van der Waals surface area contributed by atoms with Gasteiger partial charge in [-0.25, -0.2) is 9.59 Å². The van der Waals surface area contributed by atoms with Crippen molar-refractivity contribution in [2.24, 2.45) is 5.92 Å². The molecule has 108 valence electrons. The summed E-state index contributed by atoms with van der Waals surface area (Å²) in [7, 11) is 0. The zero-order valence-electron chi connectivity index (χ0n) is 11.4. The van der Waals surface area contributed by atoms with Gasteiger partial charge in [0.15, 0.2) is 0 Å². The number of aromatic carboxylic acids is 1. The molecule has 0 bridgehead atoms. The van der Waals surface area contributed by atoms with Crippen molar-refractivity contribution >= 4 is 17.7 Å². The summed E-state index contributed by atoms with van der Waals surface area (Å²) in [5.41, 5.74) is 0.431. The summed E-state index contributed by atoms with van der Waals surface area (Å²) < 4.78 is 0. The van der Waals surface area contributed by atoms with Crippen LogP contribution in [0.25, 0.3) is 0 Å². The molecule has 0 radical (unpaired) electrons. The number of carboxylic acid groups (broad SMARTS) is 1. The number of carboxylic acids is 1. The number of anilines is 1. The summed E-state index contributed by atoms with van der Waals surface area (Å²) in [6.45, 7) is 2.19. The third-order valence-electron chi connectivity index (χ3n) is 3.51. The van der Waals surface area contributed by atoms with E-state index in [9.17, 15) is 9.59 Å². The Balaban J connectivity index is 1.91. The van der Waals surface area contributed by atoms with Gasteiger partial charge >= 0.3 is 12.0 Å². The zero-order valence-corrected chi connectivity index (χ0v) is 11.4. The molecule has 3 N–H and O–H groups in total. The Kier molecular flexibility index (Phi) is 4.55. The highest BCUT2D eigenvalue weighted by Crippen LogP contribution is 2.23. The van der Waals surface area contributed by atoms with Crippen molar-refractivity contribution in [2.45, 2.75) is 38.6 Å². The number of rotatable bonds is 3. The minimum atomic E-state index is -1.07. The van der Waals surface area contributed by atoms with Crippen LogP contribution in [0.1, 0.15) is 43.0 Å². The SMILES string of the molecule is CC1CCCC(NC(=O)Nc2cncc(C(=O)O)c2)C1. The lowest BCUT2D eigenvalue weighted by atomic mass is 9.87. The molecule has 0 saturated heterocycles. The van der Waals surface area contributed by atoms with Gasteiger partial charge in [-0.05, 0) is 24.8 Å². The van der Waals surface area contributed by atoms with Crippen molar-refractivity contribution in [1.82, 2.24) is 10.3 Å². The molecule has 2 atom stereocenters. The second-order valence-electron chi connectivity index (χ2n) is 5.33. The molecule has 6 heteroatoms. The standard InChI is InChI=1S/C14H19N3O3/c1-9-3-2-4-11(5-9)16-14(20)17-12-6-10(13(18)19)7-15-8-12/h6-9,11H,2-5H2,1H3,(H,18,19)(H2,16,17,20). The molecular formula is C14H19N3O3. The van der Waals surface area contributed by atoms with Crippen molar-refractivity contribution in [3.05, 3.63) is 24.0 Å². The molecule has 0 aromatic carbocycles. The number of carbonyl (C=O) groups is 2. The summed E-state index contributed by atoms with van der Waals surface area (Å²) in [6.07, 6.45) is 6.99. The topological polar surface area (TPSA) is 91.3 Å². The molecule has 2 rings (SSSR count). The van der Waals surface area contributed by atoms with Crippen LogP contribution in [-0.2, 0) is 0 Å². The summed E-state index contributed by atoms with van der Waals surface area (Å²) in [5.74, 6) is -0.436. The molecule has 1 heterocycles. The Morgan fingerprint density at radius 3 is 2.85 bits per heavy atom. The first kappa shape index (κ1) is 14.3. The van der Waals surface area contributed by atoms with E-state index in [1.165, 1.54) is 24.9 Å². The van der Waals surface area contributed by atoms with Crippen molar-refractivity contribution < 1.29 is 14.7 Å². The number of urea groups is 1. The predicted octanol–water partition coefficient (Wildman–Crippen LogP) is 2.48. The molecule has 2 unspecified atom stereocenters. The Hall–Kier alpha value is -2.11. The number of pyridine rings is 1. The smallest absolute Gasteiger partial charge is 0.337 e. The van der Waals surface area contributed by atoms with E-state index in [1.54, 1.807) is 0 Å². The maximum Gasteiger partial charge on any atom is 0.337 e. The Morgan fingerprint density at radius 1 is 1.35 bits per heavy atom. The molecule has 1 aliphatic rings. The number of amides is 2. The van der Waals surface area contributed by atoms with E-state index in [0.29, 0.717) is 11.6 Å². The average molecular weight is 277 g/mol. The second-order valence-corrected chi connectivity index (χ2v) is 5.33. The van der Waals surface area contributed by atoms with E-state index in [2.05, 4.69) is 22.5 Å². The van der Waals surface area contributed by atoms with E-state index in [1.807, 2.05) is 0 Å². The van der Waals surface area contributed by atoms with Gasteiger partial charge < -0.3 is 15.7 Å². The van der Waals surface area contributed by atoms with E-state index in [0.717, 1.165) is 19.3 Å². The molecule has 1 aromatic rings. The summed E-state index contributed by atoms with van der Waals surface area (Å²) in [6, 6.07) is 1.26. The second kappa shape index (κ2) is 6.36. The highest BCUT2D eigenvalue weighted by atomic mass is 16.4. The fourth-order valence-electron chi connectivity index (χ4n) is 2.54. The third-order valence-corrected chi connectivity index (χ3v) is 3.51. The first-order valence-electron chi connectivity index (χ1n) is 6.80. The maximum atomic E-state index is 11.9. The van der Waals surface area contributed by atoms with Crippen LogP contribution in [-0.4, -0.2) is 28.1 Å². The Morgan fingerprint density at radius 2 is 2.15 bits per heavy atom. The minimum absolute atomic E-state index is 0.0501. The monoisotopic (exact) mass is 277 g/mol. The van der Waals surface area contributed by atoms with E-state index in [-0.39, 0.29) is 17.6 Å². The lowest BCUT2D eigenvalue weighted by Gasteiger charge is -2.27. The van der Waals surface area contributed by atoms with E-state index >= 15 is 0 Å². The molecule has 6 nitrogen and oxygen atoms in total. The fourth-order valence-corrected chi connectivity index (χ4v) is 2.54. The third kappa shape index (κ3) is 3.94. The van der Waals surface area contributed by atoms with Gasteiger partial charge in [0.25, 0.3) is 0 Å². The maximum absolute atomic E-state index is 11.9. The van der Waals surface area contributed by atoms with Crippen LogP contribution in [0.15, 0.2) is 18.5 Å². The van der Waals surface area contributed by atoms with Gasteiger partial charge in [0.2, 0.25) is 0 Å². The number of aromatic nitrogens is 1. The van der Waals surface area contributed by atoms with Crippen molar-refractivity contribution in [2.75, 3.05) is 5.32 Å². The van der Waals surface area contributed by atoms with Gasteiger partial charge in [0.05, 0.1) is 17.4 Å². The van der Waals surface area contributed by atoms with Gasteiger partial charge in [-0.1, -0.05) is 19.8 Å². The Bertz CT molecular complexity index is 504. The molecule has 0 spiro atoms. The van der Waals surface area contributed by atoms with Crippen molar-refractivity contribution in [1.29, 1.82) is 0 Å². The van der Waals surface area contributed by atoms with Crippen LogP contribution in [0.5, 0.6) is 0 Å². The summed E-state index contributed by atoms with van der Waals surface area (Å²) in [4.78, 5) is 26.5. The van der Waals surface area contributed by atoms with Crippen LogP contribution in [0, 0.1) is 5.92 Å². The number of nitrogens with zero attached hydrogens (tertiary/aromatic N) is 1. The quantitative estimate of drug-likeness (QED) is 0.791. The molecule has 20 heavy (non-hydrogen) atoms. The Labute approximate surface area is 117 Å². The molecule has 0 aliphatic heterocycles. The number of nitrogens with one attached hydrogen (secondary N) is 2. The zero-order chi connectivity index (χ0) is 14.5. The van der Waals surface area contributed by atoms with Crippen LogP contribution >= 0.6 is 0 Å².